The molecule has 0 saturated carbocycles. The molecule has 96 valence electrons. The molecule has 0 bridgehead atoms. The van der Waals surface area contributed by atoms with Crippen LogP contribution >= 0.6 is 11.8 Å². The van der Waals surface area contributed by atoms with Crippen LogP contribution < -0.4 is 5.32 Å². The van der Waals surface area contributed by atoms with Crippen LogP contribution in [-0.4, -0.2) is 48.6 Å². The van der Waals surface area contributed by atoms with Crippen molar-refractivity contribution in [1.82, 2.24) is 10.2 Å². The van der Waals surface area contributed by atoms with Crippen LogP contribution in [0.25, 0.3) is 0 Å². The van der Waals surface area contributed by atoms with Crippen LogP contribution in [0, 0.1) is 0 Å². The van der Waals surface area contributed by atoms with E-state index in [1.807, 2.05) is 11.8 Å². The van der Waals surface area contributed by atoms with Crippen LogP contribution in [0.1, 0.15) is 39.5 Å². The molecule has 2 atom stereocenters. The van der Waals surface area contributed by atoms with E-state index in [1.54, 1.807) is 0 Å². The van der Waals surface area contributed by atoms with E-state index in [1.165, 1.54) is 51.9 Å². The Kier molecular flexibility index (Phi) is 7.50. The first kappa shape index (κ1) is 14.3. The zero-order valence-electron chi connectivity index (χ0n) is 11.2. The van der Waals surface area contributed by atoms with Gasteiger partial charge in [-0.3, -0.25) is 0 Å². The van der Waals surface area contributed by atoms with Gasteiger partial charge in [0.2, 0.25) is 0 Å². The lowest BCUT2D eigenvalue weighted by atomic mass is 10.1. The smallest absolute Gasteiger partial charge is 0.0194 e. The molecule has 1 saturated heterocycles. The van der Waals surface area contributed by atoms with Gasteiger partial charge in [0.15, 0.2) is 0 Å². The van der Waals surface area contributed by atoms with Gasteiger partial charge in [0, 0.05) is 17.8 Å². The van der Waals surface area contributed by atoms with Gasteiger partial charge in [0.05, 0.1) is 0 Å². The molecule has 0 aliphatic carbocycles. The van der Waals surface area contributed by atoms with Gasteiger partial charge in [-0.15, -0.1) is 0 Å². The van der Waals surface area contributed by atoms with Crippen molar-refractivity contribution in [3.8, 4) is 0 Å². The Balaban J connectivity index is 2.28. The molecule has 3 heteroatoms. The van der Waals surface area contributed by atoms with E-state index in [4.69, 9.17) is 0 Å². The van der Waals surface area contributed by atoms with Gasteiger partial charge in [0.25, 0.3) is 0 Å². The lowest BCUT2D eigenvalue weighted by Gasteiger charge is -2.25. The minimum atomic E-state index is 0.733. The number of hydrogen-bond donors (Lipinski definition) is 1. The van der Waals surface area contributed by atoms with E-state index in [-0.39, 0.29) is 0 Å². The Labute approximate surface area is 106 Å². The third-order valence-corrected chi connectivity index (χ3v) is 4.49. The fourth-order valence-electron chi connectivity index (χ4n) is 2.30. The molecule has 0 spiro atoms. The van der Waals surface area contributed by atoms with Crippen LogP contribution in [0.4, 0.5) is 0 Å². The van der Waals surface area contributed by atoms with Crippen molar-refractivity contribution in [2.45, 2.75) is 50.8 Å². The average molecular weight is 244 g/mol. The molecule has 0 radical (unpaired) electrons. The summed E-state index contributed by atoms with van der Waals surface area (Å²) >= 11 is 1.99. The fraction of sp³-hybridized carbons (Fsp3) is 1.00. The highest BCUT2D eigenvalue weighted by molar-refractivity contribution is 7.99. The van der Waals surface area contributed by atoms with Crippen LogP contribution in [0.3, 0.4) is 0 Å². The van der Waals surface area contributed by atoms with Crippen molar-refractivity contribution in [2.24, 2.45) is 0 Å². The largest absolute Gasteiger partial charge is 0.313 e. The highest BCUT2D eigenvalue weighted by atomic mass is 32.2. The third-order valence-electron chi connectivity index (χ3n) is 3.45. The zero-order chi connectivity index (χ0) is 11.8. The first-order chi connectivity index (χ1) is 7.76. The Bertz CT molecular complexity index is 175. The third kappa shape index (κ3) is 5.55. The standard InChI is InChI=1S/C13H28N2S/c1-4-6-13-11-15(9-5-8-14-13)10-7-12(2)16-3/h12-14H,4-11H2,1-3H3. The van der Waals surface area contributed by atoms with E-state index in [0.29, 0.717) is 0 Å². The van der Waals surface area contributed by atoms with Crippen LogP contribution in [-0.2, 0) is 0 Å². The molecular weight excluding hydrogens is 216 g/mol. The summed E-state index contributed by atoms with van der Waals surface area (Å²) < 4.78 is 0. The molecule has 1 rings (SSSR count). The number of nitrogens with one attached hydrogen (secondary N) is 1. The van der Waals surface area contributed by atoms with Gasteiger partial charge < -0.3 is 10.2 Å². The van der Waals surface area contributed by atoms with Crippen molar-refractivity contribution < 1.29 is 0 Å². The van der Waals surface area contributed by atoms with E-state index in [2.05, 4.69) is 30.3 Å². The van der Waals surface area contributed by atoms with Crippen LogP contribution in [0.5, 0.6) is 0 Å². The van der Waals surface area contributed by atoms with E-state index in [0.717, 1.165) is 11.3 Å². The molecule has 0 amide bonds. The molecule has 0 aromatic rings. The van der Waals surface area contributed by atoms with Crippen molar-refractivity contribution in [1.29, 1.82) is 0 Å². The number of rotatable bonds is 6. The average Bonchev–Trinajstić information content (AvgIpc) is 2.52. The maximum atomic E-state index is 3.67. The first-order valence-electron chi connectivity index (χ1n) is 6.74. The van der Waals surface area contributed by atoms with Gasteiger partial charge in [-0.25, -0.2) is 0 Å². The first-order valence-corrected chi connectivity index (χ1v) is 8.03. The van der Waals surface area contributed by atoms with Crippen molar-refractivity contribution >= 4 is 11.8 Å². The summed E-state index contributed by atoms with van der Waals surface area (Å²) in [5.74, 6) is 0. The lowest BCUT2D eigenvalue weighted by molar-refractivity contribution is 0.260. The van der Waals surface area contributed by atoms with E-state index >= 15 is 0 Å². The molecule has 2 nitrogen and oxygen atoms in total. The SMILES string of the molecule is CCCC1CN(CCC(C)SC)CCCN1. The fourth-order valence-corrected chi connectivity index (χ4v) is 2.64. The maximum Gasteiger partial charge on any atom is 0.0194 e. The van der Waals surface area contributed by atoms with Gasteiger partial charge in [-0.1, -0.05) is 20.3 Å². The summed E-state index contributed by atoms with van der Waals surface area (Å²) in [6.07, 6.45) is 7.49. The Morgan fingerprint density at radius 2 is 2.31 bits per heavy atom. The molecule has 0 aromatic heterocycles. The molecule has 1 N–H and O–H groups in total. The molecule has 1 heterocycles. The van der Waals surface area contributed by atoms with Crippen molar-refractivity contribution in [3.05, 3.63) is 0 Å². The zero-order valence-corrected chi connectivity index (χ0v) is 12.0. The van der Waals surface area contributed by atoms with E-state index in [9.17, 15) is 0 Å². The molecule has 0 aromatic carbocycles. The second kappa shape index (κ2) is 8.37. The number of hydrogen-bond acceptors (Lipinski definition) is 3. The summed E-state index contributed by atoms with van der Waals surface area (Å²) in [5.41, 5.74) is 0. The van der Waals surface area contributed by atoms with Gasteiger partial charge in [-0.05, 0) is 45.2 Å². The second-order valence-electron chi connectivity index (χ2n) is 4.93. The maximum absolute atomic E-state index is 3.67. The molecule has 2 unspecified atom stereocenters. The lowest BCUT2D eigenvalue weighted by Crippen LogP contribution is -2.38. The summed E-state index contributed by atoms with van der Waals surface area (Å²) in [6, 6.07) is 0.733. The predicted molar refractivity (Wildman–Crippen MR) is 75.3 cm³/mol. The highest BCUT2D eigenvalue weighted by Crippen LogP contribution is 2.12. The molecule has 1 fully saturated rings. The van der Waals surface area contributed by atoms with Gasteiger partial charge in [0.1, 0.15) is 0 Å². The Morgan fingerprint density at radius 3 is 3.00 bits per heavy atom. The summed E-state index contributed by atoms with van der Waals surface area (Å²) in [7, 11) is 0. The summed E-state index contributed by atoms with van der Waals surface area (Å²) in [5, 5.41) is 4.47. The van der Waals surface area contributed by atoms with Gasteiger partial charge in [-0.2, -0.15) is 11.8 Å². The Hall–Kier alpha value is 0.270. The monoisotopic (exact) mass is 244 g/mol. The summed E-state index contributed by atoms with van der Waals surface area (Å²) in [6.45, 7) is 9.66. The van der Waals surface area contributed by atoms with Crippen molar-refractivity contribution in [2.75, 3.05) is 32.4 Å². The molecule has 1 aliphatic rings. The normalized spacial score (nSPS) is 25.3. The minimum absolute atomic E-state index is 0.733. The summed E-state index contributed by atoms with van der Waals surface area (Å²) in [4.78, 5) is 2.66. The van der Waals surface area contributed by atoms with Gasteiger partial charge >= 0.3 is 0 Å². The predicted octanol–water partition coefficient (Wildman–Crippen LogP) is 2.59. The Morgan fingerprint density at radius 1 is 1.50 bits per heavy atom. The highest BCUT2D eigenvalue weighted by Gasteiger charge is 2.16. The molecule has 16 heavy (non-hydrogen) atoms. The second-order valence-corrected chi connectivity index (χ2v) is 6.21. The molecular formula is C13H28N2S. The van der Waals surface area contributed by atoms with Crippen LogP contribution in [0.2, 0.25) is 0 Å². The topological polar surface area (TPSA) is 15.3 Å². The number of thioether (sulfide) groups is 1. The van der Waals surface area contributed by atoms with Crippen molar-refractivity contribution in [3.63, 3.8) is 0 Å². The number of nitrogens with zero attached hydrogens (tertiary/aromatic N) is 1. The minimum Gasteiger partial charge on any atom is -0.313 e. The van der Waals surface area contributed by atoms with E-state index < -0.39 is 0 Å². The molecule has 1 aliphatic heterocycles. The van der Waals surface area contributed by atoms with Crippen LogP contribution in [0.15, 0.2) is 0 Å². The quantitative estimate of drug-likeness (QED) is 0.773.